The van der Waals surface area contributed by atoms with Gasteiger partial charge in [0.1, 0.15) is 6.26 Å². The number of rotatable bonds is 7. The van der Waals surface area contributed by atoms with Crippen LogP contribution in [0.2, 0.25) is 0 Å². The molecule has 0 spiro atoms. The monoisotopic (exact) mass is 254 g/mol. The van der Waals surface area contributed by atoms with Crippen molar-refractivity contribution in [3.05, 3.63) is 17.8 Å². The lowest BCUT2D eigenvalue weighted by molar-refractivity contribution is -0.138. The van der Waals surface area contributed by atoms with E-state index in [9.17, 15) is 4.79 Å². The van der Waals surface area contributed by atoms with Gasteiger partial charge < -0.3 is 9.52 Å². The first-order valence-electron chi connectivity index (χ1n) is 6.27. The van der Waals surface area contributed by atoms with Crippen molar-refractivity contribution in [1.29, 1.82) is 0 Å². The minimum Gasteiger partial charge on any atom is -0.480 e. The van der Waals surface area contributed by atoms with Gasteiger partial charge in [0.15, 0.2) is 5.89 Å². The summed E-state index contributed by atoms with van der Waals surface area (Å²) in [5.41, 5.74) is 0.792. The van der Waals surface area contributed by atoms with Crippen molar-refractivity contribution in [3.8, 4) is 0 Å². The molecule has 1 aromatic rings. The highest BCUT2D eigenvalue weighted by Crippen LogP contribution is 2.14. The number of aliphatic carboxylic acids is 1. The molecule has 0 aromatic carbocycles. The van der Waals surface area contributed by atoms with Gasteiger partial charge in [0.2, 0.25) is 0 Å². The van der Waals surface area contributed by atoms with Crippen molar-refractivity contribution >= 4 is 5.97 Å². The van der Waals surface area contributed by atoms with Crippen LogP contribution in [0.4, 0.5) is 0 Å². The van der Waals surface area contributed by atoms with Crippen LogP contribution in [0.25, 0.3) is 0 Å². The summed E-state index contributed by atoms with van der Waals surface area (Å²) in [6.45, 7) is 9.44. The first-order chi connectivity index (χ1) is 8.38. The lowest BCUT2D eigenvalue weighted by Gasteiger charge is -2.20. The summed E-state index contributed by atoms with van der Waals surface area (Å²) in [5, 5.41) is 8.88. The second-order valence-electron chi connectivity index (χ2n) is 5.29. The number of hydrogen-bond donors (Lipinski definition) is 1. The van der Waals surface area contributed by atoms with E-state index in [-0.39, 0.29) is 12.5 Å². The first kappa shape index (κ1) is 14.7. The van der Waals surface area contributed by atoms with Crippen LogP contribution in [0.15, 0.2) is 10.7 Å². The van der Waals surface area contributed by atoms with Crippen molar-refractivity contribution in [2.45, 2.75) is 40.2 Å². The third kappa shape index (κ3) is 4.87. The maximum Gasteiger partial charge on any atom is 0.317 e. The van der Waals surface area contributed by atoms with E-state index in [1.54, 1.807) is 6.26 Å². The topological polar surface area (TPSA) is 66.6 Å². The highest BCUT2D eigenvalue weighted by atomic mass is 16.4. The second kappa shape index (κ2) is 6.54. The smallest absolute Gasteiger partial charge is 0.317 e. The molecule has 18 heavy (non-hydrogen) atoms. The molecule has 102 valence electrons. The average Bonchev–Trinajstić information content (AvgIpc) is 2.63. The maximum atomic E-state index is 10.8. The van der Waals surface area contributed by atoms with Crippen LogP contribution < -0.4 is 0 Å². The molecule has 1 heterocycles. The molecule has 0 unspecified atom stereocenters. The zero-order chi connectivity index (χ0) is 13.7. The fourth-order valence-corrected chi connectivity index (χ4v) is 1.78. The lowest BCUT2D eigenvalue weighted by atomic mass is 10.2. The predicted octanol–water partition coefficient (Wildman–Crippen LogP) is 2.34. The molecule has 0 aliphatic heterocycles. The molecule has 0 radical (unpaired) electrons. The van der Waals surface area contributed by atoms with Crippen molar-refractivity contribution in [1.82, 2.24) is 9.88 Å². The summed E-state index contributed by atoms with van der Waals surface area (Å²) in [6, 6.07) is 0. The summed E-state index contributed by atoms with van der Waals surface area (Å²) in [7, 11) is 0. The van der Waals surface area contributed by atoms with Crippen molar-refractivity contribution < 1.29 is 14.3 Å². The predicted molar refractivity (Wildman–Crippen MR) is 68.3 cm³/mol. The van der Waals surface area contributed by atoms with E-state index in [1.807, 2.05) is 18.7 Å². The van der Waals surface area contributed by atoms with Gasteiger partial charge in [-0.1, -0.05) is 27.7 Å². The molecule has 1 rings (SSSR count). The average molecular weight is 254 g/mol. The van der Waals surface area contributed by atoms with E-state index in [1.165, 1.54) is 0 Å². The van der Waals surface area contributed by atoms with Gasteiger partial charge >= 0.3 is 5.97 Å². The van der Waals surface area contributed by atoms with Gasteiger partial charge in [0, 0.05) is 19.0 Å². The fraction of sp³-hybridized carbons (Fsp3) is 0.692. The van der Waals surface area contributed by atoms with Crippen LogP contribution in [-0.4, -0.2) is 34.0 Å². The summed E-state index contributed by atoms with van der Waals surface area (Å²) < 4.78 is 5.35. The summed E-state index contributed by atoms with van der Waals surface area (Å²) in [4.78, 5) is 17.0. The molecule has 0 aliphatic carbocycles. The minimum absolute atomic E-state index is 0.0298. The first-order valence-corrected chi connectivity index (χ1v) is 6.27. The third-order valence-corrected chi connectivity index (χ3v) is 2.43. The van der Waals surface area contributed by atoms with E-state index in [0.717, 1.165) is 12.2 Å². The Balaban J connectivity index is 2.65. The van der Waals surface area contributed by atoms with E-state index in [0.29, 0.717) is 18.4 Å². The Morgan fingerprint density at radius 3 is 2.56 bits per heavy atom. The molecule has 1 aromatic heterocycles. The fourth-order valence-electron chi connectivity index (χ4n) is 1.78. The van der Waals surface area contributed by atoms with Crippen LogP contribution in [0.5, 0.6) is 0 Å². The Labute approximate surface area is 108 Å². The standard InChI is InChI=1S/C13H22N2O3/c1-9(2)5-15(7-12(16)17)6-11-8-18-13(14-11)10(3)4/h8-10H,5-7H2,1-4H3,(H,16,17). The molecule has 5 nitrogen and oxygen atoms in total. The number of hydrogen-bond acceptors (Lipinski definition) is 4. The van der Waals surface area contributed by atoms with E-state index in [2.05, 4.69) is 18.8 Å². The zero-order valence-corrected chi connectivity index (χ0v) is 11.5. The van der Waals surface area contributed by atoms with Gasteiger partial charge in [-0.3, -0.25) is 9.69 Å². The molecule has 0 fully saturated rings. The number of carbonyl (C=O) groups is 1. The summed E-state index contributed by atoms with van der Waals surface area (Å²) in [5.74, 6) is 0.547. The lowest BCUT2D eigenvalue weighted by Crippen LogP contribution is -2.32. The molecule has 0 saturated heterocycles. The van der Waals surface area contributed by atoms with E-state index in [4.69, 9.17) is 9.52 Å². The van der Waals surface area contributed by atoms with E-state index < -0.39 is 5.97 Å². The van der Waals surface area contributed by atoms with Gasteiger partial charge in [-0.05, 0) is 5.92 Å². The molecule has 0 saturated carbocycles. The Bertz CT molecular complexity index is 385. The highest BCUT2D eigenvalue weighted by molar-refractivity contribution is 5.69. The highest BCUT2D eigenvalue weighted by Gasteiger charge is 2.15. The molecule has 1 N–H and O–H groups in total. The van der Waals surface area contributed by atoms with Crippen LogP contribution in [0.1, 0.15) is 45.2 Å². The molecule has 0 bridgehead atoms. The molecule has 0 aliphatic rings. The SMILES string of the molecule is CC(C)CN(CC(=O)O)Cc1coc(C(C)C)n1. The molecule has 0 atom stereocenters. The van der Waals surface area contributed by atoms with Crippen LogP contribution >= 0.6 is 0 Å². The Morgan fingerprint density at radius 2 is 2.11 bits per heavy atom. The van der Waals surface area contributed by atoms with Gasteiger partial charge in [-0.25, -0.2) is 4.98 Å². The zero-order valence-electron chi connectivity index (χ0n) is 11.5. The van der Waals surface area contributed by atoms with Crippen molar-refractivity contribution in [2.24, 2.45) is 5.92 Å². The maximum absolute atomic E-state index is 10.8. The van der Waals surface area contributed by atoms with Crippen LogP contribution in [0, 0.1) is 5.92 Å². The quantitative estimate of drug-likeness (QED) is 0.809. The minimum atomic E-state index is -0.816. The number of oxazole rings is 1. The molecule has 0 amide bonds. The largest absolute Gasteiger partial charge is 0.480 e. The number of carboxylic acids is 1. The Hall–Kier alpha value is -1.36. The Kier molecular flexibility index (Phi) is 5.34. The number of carboxylic acid groups (broad SMARTS) is 1. The molecular formula is C13H22N2O3. The van der Waals surface area contributed by atoms with Crippen LogP contribution in [0.3, 0.4) is 0 Å². The van der Waals surface area contributed by atoms with E-state index >= 15 is 0 Å². The third-order valence-electron chi connectivity index (χ3n) is 2.43. The van der Waals surface area contributed by atoms with Gasteiger partial charge in [-0.2, -0.15) is 0 Å². The normalized spacial score (nSPS) is 11.7. The van der Waals surface area contributed by atoms with Crippen LogP contribution in [-0.2, 0) is 11.3 Å². The van der Waals surface area contributed by atoms with Crippen molar-refractivity contribution in [3.63, 3.8) is 0 Å². The second-order valence-corrected chi connectivity index (χ2v) is 5.29. The summed E-state index contributed by atoms with van der Waals surface area (Å²) >= 11 is 0. The molecular weight excluding hydrogens is 232 g/mol. The summed E-state index contributed by atoms with van der Waals surface area (Å²) in [6.07, 6.45) is 1.62. The van der Waals surface area contributed by atoms with Gasteiger partial charge in [0.05, 0.1) is 12.2 Å². The Morgan fingerprint density at radius 1 is 1.44 bits per heavy atom. The molecule has 5 heteroatoms. The van der Waals surface area contributed by atoms with Crippen molar-refractivity contribution in [2.75, 3.05) is 13.1 Å². The van der Waals surface area contributed by atoms with Gasteiger partial charge in [0.25, 0.3) is 0 Å². The number of aromatic nitrogens is 1. The van der Waals surface area contributed by atoms with Gasteiger partial charge in [-0.15, -0.1) is 0 Å². The number of nitrogens with zero attached hydrogens (tertiary/aromatic N) is 2.